The van der Waals surface area contributed by atoms with Crippen LogP contribution in [0.3, 0.4) is 0 Å². The van der Waals surface area contributed by atoms with Gasteiger partial charge in [-0.05, 0) is 32.5 Å². The Morgan fingerprint density at radius 1 is 1.12 bits per heavy atom. The fraction of sp³-hybridized carbons (Fsp3) is 0.600. The molecule has 2 rings (SSSR count). The van der Waals surface area contributed by atoms with E-state index in [-0.39, 0.29) is 0 Å². The minimum Gasteiger partial charge on any atom is -0.308 e. The summed E-state index contributed by atoms with van der Waals surface area (Å²) in [6.07, 6.45) is 5.40. The zero-order chi connectivity index (χ0) is 12.1. The van der Waals surface area contributed by atoms with Crippen molar-refractivity contribution < 1.29 is 0 Å². The Labute approximate surface area is 105 Å². The van der Waals surface area contributed by atoms with E-state index in [0.29, 0.717) is 12.1 Å². The molecule has 1 aliphatic carbocycles. The summed E-state index contributed by atoms with van der Waals surface area (Å²) in [5.41, 5.74) is 1.38. The molecule has 2 heteroatoms. The maximum absolute atomic E-state index is 3.73. The topological polar surface area (TPSA) is 15.3 Å². The van der Waals surface area contributed by atoms with Crippen LogP contribution in [-0.4, -0.2) is 31.1 Å². The van der Waals surface area contributed by atoms with Crippen LogP contribution in [0.25, 0.3) is 0 Å². The second-order valence-electron chi connectivity index (χ2n) is 5.29. The van der Waals surface area contributed by atoms with Crippen LogP contribution in [0.1, 0.15) is 31.2 Å². The van der Waals surface area contributed by atoms with Crippen molar-refractivity contribution in [3.8, 4) is 0 Å². The predicted molar refractivity (Wildman–Crippen MR) is 73.0 cm³/mol. The molecule has 2 nitrogen and oxygen atoms in total. The van der Waals surface area contributed by atoms with E-state index < -0.39 is 0 Å². The second kappa shape index (κ2) is 6.18. The zero-order valence-corrected chi connectivity index (χ0v) is 11.0. The van der Waals surface area contributed by atoms with Gasteiger partial charge in [-0.1, -0.05) is 43.2 Å². The first-order valence-corrected chi connectivity index (χ1v) is 6.71. The second-order valence-corrected chi connectivity index (χ2v) is 5.29. The lowest BCUT2D eigenvalue weighted by Crippen LogP contribution is -2.48. The summed E-state index contributed by atoms with van der Waals surface area (Å²) in [5, 5.41) is 3.73. The summed E-state index contributed by atoms with van der Waals surface area (Å²) >= 11 is 0. The van der Waals surface area contributed by atoms with Gasteiger partial charge in [-0.3, -0.25) is 0 Å². The standard InChI is InChI=1S/C15H24N2/c1-17(2)15-11-7-6-10-14(15)16-12-13-8-4-3-5-9-13/h3-5,8-9,14-16H,6-7,10-12H2,1-2H3/t14-,15-/m0/s1. The molecule has 0 saturated heterocycles. The molecule has 17 heavy (non-hydrogen) atoms. The molecular formula is C15H24N2. The van der Waals surface area contributed by atoms with Gasteiger partial charge in [0.2, 0.25) is 0 Å². The number of nitrogens with zero attached hydrogens (tertiary/aromatic N) is 1. The number of likely N-dealkylation sites (N-methyl/N-ethyl adjacent to an activating group) is 1. The number of hydrogen-bond acceptors (Lipinski definition) is 2. The van der Waals surface area contributed by atoms with E-state index in [1.807, 2.05) is 0 Å². The minimum absolute atomic E-state index is 0.652. The van der Waals surface area contributed by atoms with Gasteiger partial charge in [0.25, 0.3) is 0 Å². The summed E-state index contributed by atoms with van der Waals surface area (Å²) in [6.45, 7) is 0.996. The molecule has 0 heterocycles. The number of hydrogen-bond donors (Lipinski definition) is 1. The fourth-order valence-corrected chi connectivity index (χ4v) is 2.81. The maximum atomic E-state index is 3.73. The summed E-state index contributed by atoms with van der Waals surface area (Å²) in [5.74, 6) is 0. The lowest BCUT2D eigenvalue weighted by molar-refractivity contribution is 0.176. The highest BCUT2D eigenvalue weighted by atomic mass is 15.1. The highest BCUT2D eigenvalue weighted by Crippen LogP contribution is 2.22. The third kappa shape index (κ3) is 3.55. The first kappa shape index (κ1) is 12.6. The Morgan fingerprint density at radius 2 is 1.82 bits per heavy atom. The molecule has 0 spiro atoms. The normalized spacial score (nSPS) is 25.1. The first-order chi connectivity index (χ1) is 8.27. The third-order valence-corrected chi connectivity index (χ3v) is 3.80. The van der Waals surface area contributed by atoms with Gasteiger partial charge in [0.1, 0.15) is 0 Å². The average Bonchev–Trinajstić information content (AvgIpc) is 2.38. The predicted octanol–water partition coefficient (Wildman–Crippen LogP) is 2.65. The molecule has 0 amide bonds. The molecule has 1 N–H and O–H groups in total. The lowest BCUT2D eigenvalue weighted by atomic mass is 9.89. The summed E-state index contributed by atoms with van der Waals surface area (Å²) in [6, 6.07) is 12.0. The minimum atomic E-state index is 0.652. The van der Waals surface area contributed by atoms with E-state index in [2.05, 4.69) is 54.6 Å². The van der Waals surface area contributed by atoms with Gasteiger partial charge in [0.15, 0.2) is 0 Å². The molecule has 1 saturated carbocycles. The van der Waals surface area contributed by atoms with Crippen LogP contribution in [0.2, 0.25) is 0 Å². The SMILES string of the molecule is CN(C)[C@H]1CCCC[C@@H]1NCc1ccccc1. The van der Waals surface area contributed by atoms with Crippen LogP contribution in [0.4, 0.5) is 0 Å². The van der Waals surface area contributed by atoms with Crippen molar-refractivity contribution in [2.75, 3.05) is 14.1 Å². The van der Waals surface area contributed by atoms with Crippen molar-refractivity contribution in [3.63, 3.8) is 0 Å². The van der Waals surface area contributed by atoms with E-state index >= 15 is 0 Å². The van der Waals surface area contributed by atoms with Crippen LogP contribution in [0, 0.1) is 0 Å². The van der Waals surface area contributed by atoms with E-state index in [1.165, 1.54) is 31.2 Å². The summed E-state index contributed by atoms with van der Waals surface area (Å²) in [4.78, 5) is 2.38. The monoisotopic (exact) mass is 232 g/mol. The number of rotatable bonds is 4. The van der Waals surface area contributed by atoms with Crippen molar-refractivity contribution >= 4 is 0 Å². The molecule has 1 aromatic carbocycles. The smallest absolute Gasteiger partial charge is 0.0243 e. The molecule has 0 aromatic heterocycles. The van der Waals surface area contributed by atoms with E-state index in [1.54, 1.807) is 0 Å². The highest BCUT2D eigenvalue weighted by molar-refractivity contribution is 5.14. The Balaban J connectivity index is 1.88. The van der Waals surface area contributed by atoms with Crippen molar-refractivity contribution in [2.24, 2.45) is 0 Å². The summed E-state index contributed by atoms with van der Waals surface area (Å²) < 4.78 is 0. The molecule has 0 aliphatic heterocycles. The first-order valence-electron chi connectivity index (χ1n) is 6.71. The molecular weight excluding hydrogens is 208 g/mol. The van der Waals surface area contributed by atoms with Crippen molar-refractivity contribution in [2.45, 2.75) is 44.3 Å². The molecule has 1 aliphatic rings. The largest absolute Gasteiger partial charge is 0.308 e. The maximum Gasteiger partial charge on any atom is 0.0243 e. The van der Waals surface area contributed by atoms with Crippen LogP contribution in [-0.2, 0) is 6.54 Å². The van der Waals surface area contributed by atoms with Gasteiger partial charge in [0.05, 0.1) is 0 Å². The lowest BCUT2D eigenvalue weighted by Gasteiger charge is -2.36. The van der Waals surface area contributed by atoms with Crippen molar-refractivity contribution in [1.82, 2.24) is 10.2 Å². The van der Waals surface area contributed by atoms with Crippen molar-refractivity contribution in [1.29, 1.82) is 0 Å². The quantitative estimate of drug-likeness (QED) is 0.858. The van der Waals surface area contributed by atoms with Gasteiger partial charge in [-0.2, -0.15) is 0 Å². The van der Waals surface area contributed by atoms with Crippen molar-refractivity contribution in [3.05, 3.63) is 35.9 Å². The molecule has 2 atom stereocenters. The van der Waals surface area contributed by atoms with Crippen LogP contribution >= 0.6 is 0 Å². The molecule has 1 fully saturated rings. The van der Waals surface area contributed by atoms with Gasteiger partial charge >= 0.3 is 0 Å². The van der Waals surface area contributed by atoms with E-state index in [0.717, 1.165) is 6.54 Å². The molecule has 0 radical (unpaired) electrons. The summed E-state index contributed by atoms with van der Waals surface area (Å²) in [7, 11) is 4.40. The van der Waals surface area contributed by atoms with Gasteiger partial charge in [-0.25, -0.2) is 0 Å². The Hall–Kier alpha value is -0.860. The Kier molecular flexibility index (Phi) is 4.57. The third-order valence-electron chi connectivity index (χ3n) is 3.80. The number of nitrogens with one attached hydrogen (secondary N) is 1. The van der Waals surface area contributed by atoms with Crippen LogP contribution < -0.4 is 5.32 Å². The van der Waals surface area contributed by atoms with Crippen LogP contribution in [0.15, 0.2) is 30.3 Å². The highest BCUT2D eigenvalue weighted by Gasteiger charge is 2.25. The number of benzene rings is 1. The van der Waals surface area contributed by atoms with E-state index in [4.69, 9.17) is 0 Å². The molecule has 0 bridgehead atoms. The van der Waals surface area contributed by atoms with E-state index in [9.17, 15) is 0 Å². The molecule has 94 valence electrons. The Morgan fingerprint density at radius 3 is 2.53 bits per heavy atom. The Bertz CT molecular complexity index is 321. The molecule has 1 aromatic rings. The van der Waals surface area contributed by atoms with Gasteiger partial charge in [0, 0.05) is 18.6 Å². The zero-order valence-electron chi connectivity index (χ0n) is 11.0. The van der Waals surface area contributed by atoms with Gasteiger partial charge in [-0.15, -0.1) is 0 Å². The fourth-order valence-electron chi connectivity index (χ4n) is 2.81. The van der Waals surface area contributed by atoms with Crippen LogP contribution in [0.5, 0.6) is 0 Å². The van der Waals surface area contributed by atoms with Gasteiger partial charge < -0.3 is 10.2 Å². The molecule has 0 unspecified atom stereocenters. The average molecular weight is 232 g/mol.